The Morgan fingerprint density at radius 2 is 2.04 bits per heavy atom. The zero-order valence-electron chi connectivity index (χ0n) is 17.1. The number of benzene rings is 1. The summed E-state index contributed by atoms with van der Waals surface area (Å²) < 4.78 is 1.96. The van der Waals surface area contributed by atoms with Gasteiger partial charge in [-0.05, 0) is 46.2 Å². The van der Waals surface area contributed by atoms with E-state index >= 15 is 0 Å². The third-order valence-electron chi connectivity index (χ3n) is 4.95. The van der Waals surface area contributed by atoms with Crippen LogP contribution < -0.4 is 16.4 Å². The van der Waals surface area contributed by atoms with Gasteiger partial charge >= 0.3 is 0 Å². The lowest BCUT2D eigenvalue weighted by molar-refractivity contribution is 0.0646. The second-order valence-corrected chi connectivity index (χ2v) is 7.67. The topological polar surface area (TPSA) is 114 Å². The maximum Gasteiger partial charge on any atom is 0.227 e. The summed E-state index contributed by atoms with van der Waals surface area (Å²) in [5.41, 5.74) is 9.52. The molecule has 3 rings (SSSR count). The minimum absolute atomic E-state index is 0.233. The molecule has 8 heteroatoms. The number of imidazole rings is 1. The Bertz CT molecular complexity index is 975. The molecule has 0 radical (unpaired) electrons. The van der Waals surface area contributed by atoms with Crippen molar-refractivity contribution in [1.29, 1.82) is 0 Å². The zero-order chi connectivity index (χ0) is 20.5. The average Bonchev–Trinajstić information content (AvgIpc) is 3.04. The molecule has 0 amide bonds. The van der Waals surface area contributed by atoms with E-state index in [4.69, 9.17) is 5.73 Å². The largest absolute Gasteiger partial charge is 0.398 e. The van der Waals surface area contributed by atoms with Gasteiger partial charge in [0.25, 0.3) is 0 Å². The molecule has 3 aromatic rings. The maximum atomic E-state index is 10.2. The smallest absolute Gasteiger partial charge is 0.227 e. The van der Waals surface area contributed by atoms with Crippen LogP contribution in [0.1, 0.15) is 38.8 Å². The molecule has 2 aromatic heterocycles. The summed E-state index contributed by atoms with van der Waals surface area (Å²) >= 11 is 0. The first-order valence-corrected chi connectivity index (χ1v) is 9.49. The van der Waals surface area contributed by atoms with E-state index in [-0.39, 0.29) is 6.04 Å². The van der Waals surface area contributed by atoms with Gasteiger partial charge in [0.1, 0.15) is 0 Å². The molecule has 0 fully saturated rings. The van der Waals surface area contributed by atoms with Gasteiger partial charge in [0, 0.05) is 18.8 Å². The normalized spacial score (nSPS) is 12.9. The van der Waals surface area contributed by atoms with Crippen molar-refractivity contribution in [3.8, 4) is 0 Å². The third-order valence-corrected chi connectivity index (χ3v) is 4.95. The fraction of sp³-hybridized carbons (Fsp3) is 0.450. The van der Waals surface area contributed by atoms with Crippen LogP contribution in [0.4, 0.5) is 17.5 Å². The molecule has 0 saturated carbocycles. The van der Waals surface area contributed by atoms with Crippen molar-refractivity contribution < 1.29 is 5.11 Å². The summed E-state index contributed by atoms with van der Waals surface area (Å²) in [7, 11) is 0. The van der Waals surface area contributed by atoms with Crippen LogP contribution in [-0.4, -0.2) is 36.3 Å². The highest BCUT2D eigenvalue weighted by Gasteiger charge is 2.24. The molecule has 8 nitrogen and oxygen atoms in total. The van der Waals surface area contributed by atoms with Gasteiger partial charge in [0.2, 0.25) is 5.95 Å². The lowest BCUT2D eigenvalue weighted by Crippen LogP contribution is -2.39. The van der Waals surface area contributed by atoms with Crippen molar-refractivity contribution in [2.45, 2.75) is 59.4 Å². The van der Waals surface area contributed by atoms with Gasteiger partial charge in [-0.2, -0.15) is 9.97 Å². The number of nitrogen functional groups attached to an aromatic ring is 1. The number of hydrogen-bond acceptors (Lipinski definition) is 7. The van der Waals surface area contributed by atoms with E-state index in [1.54, 1.807) is 20.2 Å². The molecule has 1 aromatic carbocycles. The standard InChI is InChI=1S/C20H29N7O/c1-6-27-11-23-16-17(22-10-14-9-12(2)7-8-15(14)21)25-19(26-18(16)27)24-13(3)20(4,5)28/h7-9,11,13,28H,6,10,21H2,1-5H3,(H2,22,24,25,26). The highest BCUT2D eigenvalue weighted by atomic mass is 16.3. The Morgan fingerprint density at radius 1 is 1.29 bits per heavy atom. The number of aryl methyl sites for hydroxylation is 2. The molecule has 150 valence electrons. The molecular formula is C20H29N7O. The Hall–Kier alpha value is -2.87. The van der Waals surface area contributed by atoms with Crippen LogP contribution in [0.25, 0.3) is 11.2 Å². The van der Waals surface area contributed by atoms with Crippen molar-refractivity contribution in [2.24, 2.45) is 0 Å². The van der Waals surface area contributed by atoms with Crippen LogP contribution in [0, 0.1) is 6.92 Å². The summed E-state index contributed by atoms with van der Waals surface area (Å²) in [5, 5.41) is 16.8. The van der Waals surface area contributed by atoms with Gasteiger partial charge in [-0.25, -0.2) is 4.98 Å². The molecule has 0 aliphatic rings. The molecule has 28 heavy (non-hydrogen) atoms. The SMILES string of the molecule is CCn1cnc2c(NCc3cc(C)ccc3N)nc(NC(C)C(C)(C)O)nc21. The van der Waals surface area contributed by atoms with E-state index in [0.29, 0.717) is 23.8 Å². The molecule has 5 N–H and O–H groups in total. The van der Waals surface area contributed by atoms with Crippen molar-refractivity contribution in [2.75, 3.05) is 16.4 Å². The molecular weight excluding hydrogens is 354 g/mol. The van der Waals surface area contributed by atoms with E-state index in [0.717, 1.165) is 29.0 Å². The number of aromatic nitrogens is 4. The van der Waals surface area contributed by atoms with E-state index in [1.807, 2.05) is 37.5 Å². The van der Waals surface area contributed by atoms with E-state index < -0.39 is 5.60 Å². The predicted octanol–water partition coefficient (Wildman–Crippen LogP) is 2.92. The number of rotatable bonds is 7. The van der Waals surface area contributed by atoms with Crippen LogP contribution in [-0.2, 0) is 13.1 Å². The first-order chi connectivity index (χ1) is 13.2. The van der Waals surface area contributed by atoms with Crippen LogP contribution in [0.2, 0.25) is 0 Å². The predicted molar refractivity (Wildman–Crippen MR) is 113 cm³/mol. The van der Waals surface area contributed by atoms with Gasteiger partial charge in [-0.15, -0.1) is 0 Å². The minimum atomic E-state index is -0.910. The highest BCUT2D eigenvalue weighted by Crippen LogP contribution is 2.24. The van der Waals surface area contributed by atoms with E-state index in [9.17, 15) is 5.11 Å². The monoisotopic (exact) mass is 383 g/mol. The van der Waals surface area contributed by atoms with Crippen LogP contribution in [0.3, 0.4) is 0 Å². The summed E-state index contributed by atoms with van der Waals surface area (Å²) in [6.07, 6.45) is 1.76. The number of hydrogen-bond donors (Lipinski definition) is 4. The first-order valence-electron chi connectivity index (χ1n) is 9.49. The Kier molecular flexibility index (Phi) is 5.42. The van der Waals surface area contributed by atoms with Gasteiger partial charge in [0.15, 0.2) is 17.0 Å². The molecule has 0 aliphatic heterocycles. The van der Waals surface area contributed by atoms with Gasteiger partial charge in [0.05, 0.1) is 18.0 Å². The molecule has 1 unspecified atom stereocenters. The van der Waals surface area contributed by atoms with Crippen molar-refractivity contribution in [1.82, 2.24) is 19.5 Å². The number of anilines is 3. The quantitative estimate of drug-likeness (QED) is 0.464. The lowest BCUT2D eigenvalue weighted by atomic mass is 10.0. The van der Waals surface area contributed by atoms with Gasteiger partial charge in [-0.1, -0.05) is 17.7 Å². The number of nitrogens with two attached hydrogens (primary N) is 1. The van der Waals surface area contributed by atoms with Crippen LogP contribution in [0.5, 0.6) is 0 Å². The zero-order valence-corrected chi connectivity index (χ0v) is 17.1. The van der Waals surface area contributed by atoms with Crippen LogP contribution in [0.15, 0.2) is 24.5 Å². The Labute approximate surface area is 165 Å². The summed E-state index contributed by atoms with van der Waals surface area (Å²) in [5.74, 6) is 1.07. The molecule has 0 spiro atoms. The number of nitrogens with zero attached hydrogens (tertiary/aromatic N) is 4. The number of nitrogens with one attached hydrogen (secondary N) is 2. The second kappa shape index (κ2) is 7.63. The van der Waals surface area contributed by atoms with Gasteiger partial charge in [-0.3, -0.25) is 0 Å². The molecule has 0 aliphatic carbocycles. The van der Waals surface area contributed by atoms with Crippen molar-refractivity contribution in [3.05, 3.63) is 35.7 Å². The number of fused-ring (bicyclic) bond motifs is 1. The van der Waals surface area contributed by atoms with E-state index in [1.165, 1.54) is 0 Å². The fourth-order valence-corrected chi connectivity index (χ4v) is 2.80. The van der Waals surface area contributed by atoms with E-state index in [2.05, 4.69) is 31.7 Å². The summed E-state index contributed by atoms with van der Waals surface area (Å²) in [6, 6.07) is 5.72. The molecule has 1 atom stereocenters. The number of aliphatic hydroxyl groups is 1. The third kappa shape index (κ3) is 4.17. The second-order valence-electron chi connectivity index (χ2n) is 7.67. The Balaban J connectivity index is 1.95. The summed E-state index contributed by atoms with van der Waals surface area (Å²) in [6.45, 7) is 10.7. The first kappa shape index (κ1) is 19.9. The lowest BCUT2D eigenvalue weighted by Gasteiger charge is -2.26. The van der Waals surface area contributed by atoms with Gasteiger partial charge < -0.3 is 26.0 Å². The minimum Gasteiger partial charge on any atom is -0.398 e. The van der Waals surface area contributed by atoms with Crippen molar-refractivity contribution >= 4 is 28.6 Å². The molecule has 0 bridgehead atoms. The van der Waals surface area contributed by atoms with Crippen LogP contribution >= 0.6 is 0 Å². The Morgan fingerprint density at radius 3 is 2.71 bits per heavy atom. The molecule has 2 heterocycles. The van der Waals surface area contributed by atoms with Crippen molar-refractivity contribution in [3.63, 3.8) is 0 Å². The highest BCUT2D eigenvalue weighted by molar-refractivity contribution is 5.84. The molecule has 0 saturated heterocycles. The summed E-state index contributed by atoms with van der Waals surface area (Å²) in [4.78, 5) is 13.7. The fourth-order valence-electron chi connectivity index (χ4n) is 2.80. The maximum absolute atomic E-state index is 10.2. The average molecular weight is 384 g/mol.